The normalized spacial score (nSPS) is 11.7. The predicted octanol–water partition coefficient (Wildman–Crippen LogP) is 4.85. The molecular weight excluding hydrogens is 554 g/mol. The summed E-state index contributed by atoms with van der Waals surface area (Å²) in [4.78, 5) is 28.0. The minimum atomic E-state index is -4.17. The molecule has 0 saturated carbocycles. The molecule has 0 aliphatic rings. The summed E-state index contributed by atoms with van der Waals surface area (Å²) in [5.74, 6) is 0.787. The van der Waals surface area contributed by atoms with Crippen LogP contribution in [-0.2, 0) is 26.2 Å². The summed E-state index contributed by atoms with van der Waals surface area (Å²) in [5, 5.41) is 2.57. The zero-order valence-corrected chi connectivity index (χ0v) is 24.5. The van der Waals surface area contributed by atoms with Crippen molar-refractivity contribution in [3.8, 4) is 17.2 Å². The largest absolute Gasteiger partial charge is 0.497 e. The first-order valence-electron chi connectivity index (χ1n) is 13.3. The summed E-state index contributed by atoms with van der Waals surface area (Å²) in [6.45, 7) is 1.12. The maximum Gasteiger partial charge on any atom is 0.264 e. The number of benzene rings is 4. The second-order valence-corrected chi connectivity index (χ2v) is 11.3. The molecule has 1 N–H and O–H groups in total. The highest BCUT2D eigenvalue weighted by Gasteiger charge is 2.32. The van der Waals surface area contributed by atoms with Crippen molar-refractivity contribution in [2.45, 2.75) is 24.4 Å². The van der Waals surface area contributed by atoms with Gasteiger partial charge in [-0.2, -0.15) is 0 Å². The topological polar surface area (TPSA) is 105 Å². The van der Waals surface area contributed by atoms with E-state index in [9.17, 15) is 18.0 Å². The smallest absolute Gasteiger partial charge is 0.264 e. The molecule has 218 valence electrons. The highest BCUT2D eigenvalue weighted by molar-refractivity contribution is 7.92. The van der Waals surface area contributed by atoms with Crippen LogP contribution in [0, 0.1) is 0 Å². The molecule has 0 fully saturated rings. The molecule has 10 heteroatoms. The molecule has 9 nitrogen and oxygen atoms in total. The Labute approximate surface area is 246 Å². The van der Waals surface area contributed by atoms with Gasteiger partial charge >= 0.3 is 0 Å². The molecule has 0 radical (unpaired) electrons. The third-order valence-corrected chi connectivity index (χ3v) is 8.40. The van der Waals surface area contributed by atoms with Gasteiger partial charge in [0.05, 0.1) is 17.7 Å². The maximum atomic E-state index is 13.9. The van der Waals surface area contributed by atoms with Gasteiger partial charge in [-0.3, -0.25) is 13.9 Å². The summed E-state index contributed by atoms with van der Waals surface area (Å²) in [7, 11) is -1.14. The Morgan fingerprint density at radius 2 is 1.40 bits per heavy atom. The number of rotatable bonds is 12. The fourth-order valence-electron chi connectivity index (χ4n) is 4.31. The fourth-order valence-corrected chi connectivity index (χ4v) is 5.75. The van der Waals surface area contributed by atoms with Crippen LogP contribution in [0.3, 0.4) is 0 Å². The van der Waals surface area contributed by atoms with Crippen LogP contribution in [0.25, 0.3) is 0 Å². The Hall–Kier alpha value is -4.83. The molecule has 0 unspecified atom stereocenters. The number of methoxy groups -OCH3 is 1. The number of carbonyl (C=O) groups is 2. The number of likely N-dealkylation sites (N-methyl/N-ethyl adjacent to an activating group) is 1. The first kappa shape index (κ1) is 30.1. The first-order valence-corrected chi connectivity index (χ1v) is 14.7. The van der Waals surface area contributed by atoms with Crippen LogP contribution in [0.5, 0.6) is 17.2 Å². The summed E-state index contributed by atoms with van der Waals surface area (Å²) < 4.78 is 40.0. The highest BCUT2D eigenvalue weighted by Crippen LogP contribution is 2.28. The number of hydrogen-bond donors (Lipinski definition) is 1. The van der Waals surface area contributed by atoms with Gasteiger partial charge in [-0.1, -0.05) is 48.5 Å². The molecule has 42 heavy (non-hydrogen) atoms. The lowest BCUT2D eigenvalue weighted by molar-refractivity contribution is -0.139. The first-order chi connectivity index (χ1) is 20.2. The highest BCUT2D eigenvalue weighted by atomic mass is 32.2. The lowest BCUT2D eigenvalue weighted by atomic mass is 10.1. The van der Waals surface area contributed by atoms with E-state index in [-0.39, 0.29) is 23.0 Å². The number of anilines is 1. The van der Waals surface area contributed by atoms with Crippen molar-refractivity contribution in [1.82, 2.24) is 10.2 Å². The fraction of sp³-hybridized carbons (Fsp3) is 0.188. The summed E-state index contributed by atoms with van der Waals surface area (Å²) in [5.41, 5.74) is 0.986. The average molecular weight is 588 g/mol. The molecule has 4 rings (SSSR count). The average Bonchev–Trinajstić information content (AvgIpc) is 3.03. The lowest BCUT2D eigenvalue weighted by Crippen LogP contribution is -2.50. The molecule has 0 aliphatic carbocycles. The number of carbonyl (C=O) groups excluding carboxylic acids is 2. The van der Waals surface area contributed by atoms with Gasteiger partial charge in [0, 0.05) is 13.6 Å². The van der Waals surface area contributed by atoms with Crippen molar-refractivity contribution in [1.29, 1.82) is 0 Å². The second kappa shape index (κ2) is 13.7. The lowest BCUT2D eigenvalue weighted by Gasteiger charge is -2.31. The van der Waals surface area contributed by atoms with Gasteiger partial charge in [-0.05, 0) is 73.2 Å². The maximum absolute atomic E-state index is 13.9. The van der Waals surface area contributed by atoms with Gasteiger partial charge < -0.3 is 19.7 Å². The summed E-state index contributed by atoms with van der Waals surface area (Å²) >= 11 is 0. The molecular formula is C32H33N3O6S. The second-order valence-electron chi connectivity index (χ2n) is 9.40. The Bertz CT molecular complexity index is 1600. The quantitative estimate of drug-likeness (QED) is 0.254. The van der Waals surface area contributed by atoms with Crippen LogP contribution < -0.4 is 19.1 Å². The zero-order valence-electron chi connectivity index (χ0n) is 23.6. The third-order valence-electron chi connectivity index (χ3n) is 6.61. The van der Waals surface area contributed by atoms with Crippen molar-refractivity contribution >= 4 is 27.5 Å². The Kier molecular flexibility index (Phi) is 9.82. The summed E-state index contributed by atoms with van der Waals surface area (Å²) in [6, 6.07) is 29.8. The monoisotopic (exact) mass is 587 g/mol. The van der Waals surface area contributed by atoms with Crippen molar-refractivity contribution in [3.05, 3.63) is 115 Å². The van der Waals surface area contributed by atoms with E-state index in [1.165, 1.54) is 31.2 Å². The van der Waals surface area contributed by atoms with Crippen molar-refractivity contribution < 1.29 is 27.5 Å². The zero-order chi connectivity index (χ0) is 30.1. The minimum absolute atomic E-state index is 0.0288. The standard InChI is InChI=1S/C32H33N3O6S/c1-24(32(37)33-2)34(22-25-11-10-14-29(21-25)40-3)31(36)23-35(42(38,39)30-15-8-5-9-16-30)26-17-19-28(20-18-26)41-27-12-6-4-7-13-27/h4-21,24H,22-23H2,1-3H3,(H,33,37)/t24-/m0/s1. The molecule has 0 bridgehead atoms. The van der Waals surface area contributed by atoms with Crippen LogP contribution in [0.2, 0.25) is 0 Å². The van der Waals surface area contributed by atoms with E-state index in [1.807, 2.05) is 36.4 Å². The van der Waals surface area contributed by atoms with Crippen molar-refractivity contribution in [3.63, 3.8) is 0 Å². The van der Waals surface area contributed by atoms with Gasteiger partial charge in [0.15, 0.2) is 0 Å². The molecule has 4 aromatic carbocycles. The number of amides is 2. The van der Waals surface area contributed by atoms with Crippen molar-refractivity contribution in [2.75, 3.05) is 25.0 Å². The van der Waals surface area contributed by atoms with Crippen LogP contribution in [0.4, 0.5) is 5.69 Å². The Balaban J connectivity index is 1.69. The van der Waals surface area contributed by atoms with E-state index in [0.717, 1.165) is 9.87 Å². The molecule has 2 amide bonds. The molecule has 0 heterocycles. The Morgan fingerprint density at radius 3 is 2.02 bits per heavy atom. The molecule has 1 atom stereocenters. The van der Waals surface area contributed by atoms with Gasteiger partial charge in [0.1, 0.15) is 29.8 Å². The molecule has 0 spiro atoms. The van der Waals surface area contributed by atoms with Crippen molar-refractivity contribution in [2.24, 2.45) is 0 Å². The number of nitrogens with zero attached hydrogens (tertiary/aromatic N) is 2. The molecule has 4 aromatic rings. The van der Waals surface area contributed by atoms with E-state index in [1.54, 1.807) is 67.6 Å². The minimum Gasteiger partial charge on any atom is -0.497 e. The summed E-state index contributed by atoms with van der Waals surface area (Å²) in [6.07, 6.45) is 0. The number of para-hydroxylation sites is 1. The van der Waals surface area contributed by atoms with Gasteiger partial charge in [0.2, 0.25) is 11.8 Å². The van der Waals surface area contributed by atoms with Crippen LogP contribution >= 0.6 is 0 Å². The van der Waals surface area contributed by atoms with E-state index >= 15 is 0 Å². The van der Waals surface area contributed by atoms with Gasteiger partial charge in [-0.15, -0.1) is 0 Å². The van der Waals surface area contributed by atoms with Crippen LogP contribution in [0.15, 0.2) is 114 Å². The van der Waals surface area contributed by atoms with E-state index < -0.39 is 28.5 Å². The number of hydrogen-bond acceptors (Lipinski definition) is 6. The number of sulfonamides is 1. The van der Waals surface area contributed by atoms with Crippen LogP contribution in [-0.4, -0.2) is 51.9 Å². The van der Waals surface area contributed by atoms with E-state index in [4.69, 9.17) is 9.47 Å². The number of ether oxygens (including phenoxy) is 2. The Morgan fingerprint density at radius 1 is 0.810 bits per heavy atom. The van der Waals surface area contributed by atoms with E-state index in [0.29, 0.717) is 17.2 Å². The number of nitrogens with one attached hydrogen (secondary N) is 1. The SMILES string of the molecule is CNC(=O)[C@H](C)N(Cc1cccc(OC)c1)C(=O)CN(c1ccc(Oc2ccccc2)cc1)S(=O)(=O)c1ccccc1. The predicted molar refractivity (Wildman–Crippen MR) is 161 cm³/mol. The molecule has 0 aromatic heterocycles. The van der Waals surface area contributed by atoms with Gasteiger partial charge in [0.25, 0.3) is 10.0 Å². The molecule has 0 aliphatic heterocycles. The third kappa shape index (κ3) is 7.27. The molecule has 0 saturated heterocycles. The van der Waals surface area contributed by atoms with Crippen LogP contribution in [0.1, 0.15) is 12.5 Å². The van der Waals surface area contributed by atoms with E-state index in [2.05, 4.69) is 5.32 Å². The van der Waals surface area contributed by atoms with Gasteiger partial charge in [-0.25, -0.2) is 8.42 Å².